The van der Waals surface area contributed by atoms with Gasteiger partial charge in [-0.1, -0.05) is 30.6 Å². The highest BCUT2D eigenvalue weighted by Gasteiger charge is 2.20. The van der Waals surface area contributed by atoms with E-state index >= 15 is 0 Å². The molecule has 1 saturated carbocycles. The lowest BCUT2D eigenvalue weighted by Gasteiger charge is -2.18. The number of aromatic nitrogens is 3. The van der Waals surface area contributed by atoms with Crippen molar-refractivity contribution >= 4 is 33.3 Å². The maximum atomic E-state index is 12.5. The number of anilines is 1. The highest BCUT2D eigenvalue weighted by Crippen LogP contribution is 2.35. The lowest BCUT2D eigenvalue weighted by Crippen LogP contribution is -2.11. The number of amides is 1. The maximum absolute atomic E-state index is 12.5. The summed E-state index contributed by atoms with van der Waals surface area (Å²) in [5.74, 6) is 1.04. The molecule has 130 valence electrons. The molecule has 4 rings (SSSR count). The van der Waals surface area contributed by atoms with Crippen molar-refractivity contribution in [3.05, 3.63) is 35.0 Å². The number of H-pyrrole nitrogens is 1. The van der Waals surface area contributed by atoms with Gasteiger partial charge in [0.1, 0.15) is 16.5 Å². The van der Waals surface area contributed by atoms with Crippen LogP contribution in [0.2, 0.25) is 0 Å². The number of hydrogen-bond acceptors (Lipinski definition) is 5. The van der Waals surface area contributed by atoms with Crippen molar-refractivity contribution < 1.29 is 9.53 Å². The number of aromatic amines is 1. The molecule has 0 aliphatic heterocycles. The van der Waals surface area contributed by atoms with Gasteiger partial charge in [0.05, 0.1) is 7.11 Å². The van der Waals surface area contributed by atoms with Crippen LogP contribution < -0.4 is 10.1 Å². The van der Waals surface area contributed by atoms with Crippen molar-refractivity contribution in [2.24, 2.45) is 0 Å². The van der Waals surface area contributed by atoms with E-state index in [2.05, 4.69) is 20.5 Å². The van der Waals surface area contributed by atoms with Crippen LogP contribution in [-0.4, -0.2) is 28.2 Å². The minimum atomic E-state index is -0.207. The van der Waals surface area contributed by atoms with Crippen LogP contribution in [-0.2, 0) is 0 Å². The molecule has 1 fully saturated rings. The molecule has 1 aliphatic carbocycles. The molecule has 6 nitrogen and oxygen atoms in total. The van der Waals surface area contributed by atoms with Crippen LogP contribution >= 0.6 is 11.3 Å². The summed E-state index contributed by atoms with van der Waals surface area (Å²) < 4.78 is 5.21. The smallest absolute Gasteiger partial charge is 0.273 e. The first kappa shape index (κ1) is 16.1. The van der Waals surface area contributed by atoms with Gasteiger partial charge in [-0.25, -0.2) is 0 Å². The van der Waals surface area contributed by atoms with Gasteiger partial charge >= 0.3 is 0 Å². The van der Waals surface area contributed by atoms with Gasteiger partial charge in [0.25, 0.3) is 5.91 Å². The van der Waals surface area contributed by atoms with Crippen molar-refractivity contribution in [3.63, 3.8) is 0 Å². The van der Waals surface area contributed by atoms with Gasteiger partial charge in [0, 0.05) is 22.9 Å². The zero-order valence-corrected chi connectivity index (χ0v) is 14.9. The van der Waals surface area contributed by atoms with E-state index in [1.165, 1.54) is 43.4 Å². The van der Waals surface area contributed by atoms with E-state index in [9.17, 15) is 4.79 Å². The molecular formula is C18H20N4O2S. The highest BCUT2D eigenvalue weighted by atomic mass is 32.1. The van der Waals surface area contributed by atoms with Gasteiger partial charge in [0.2, 0.25) is 5.13 Å². The molecule has 25 heavy (non-hydrogen) atoms. The second-order valence-electron chi connectivity index (χ2n) is 6.37. The minimum absolute atomic E-state index is 0.207. The first-order valence-corrected chi connectivity index (χ1v) is 9.36. The molecule has 0 saturated heterocycles. The lowest BCUT2D eigenvalue weighted by molar-refractivity contribution is 0.102. The van der Waals surface area contributed by atoms with E-state index in [0.717, 1.165) is 21.7 Å². The molecular weight excluding hydrogens is 336 g/mol. The lowest BCUT2D eigenvalue weighted by atomic mass is 9.90. The Hall–Kier alpha value is -2.41. The second kappa shape index (κ2) is 6.84. The Morgan fingerprint density at radius 3 is 2.88 bits per heavy atom. The number of rotatable bonds is 4. The molecule has 1 amide bonds. The van der Waals surface area contributed by atoms with Crippen LogP contribution in [0.1, 0.15) is 53.5 Å². The summed E-state index contributed by atoms with van der Waals surface area (Å²) in [5.41, 5.74) is 1.36. The van der Waals surface area contributed by atoms with Crippen molar-refractivity contribution in [2.75, 3.05) is 12.4 Å². The summed E-state index contributed by atoms with van der Waals surface area (Å²) >= 11 is 1.49. The van der Waals surface area contributed by atoms with E-state index in [1.807, 2.05) is 24.3 Å². The average Bonchev–Trinajstić information content (AvgIpc) is 3.28. The van der Waals surface area contributed by atoms with Crippen molar-refractivity contribution in [1.82, 2.24) is 15.2 Å². The predicted molar refractivity (Wildman–Crippen MR) is 98.5 cm³/mol. The van der Waals surface area contributed by atoms with Crippen LogP contribution in [0.3, 0.4) is 0 Å². The summed E-state index contributed by atoms with van der Waals surface area (Å²) in [5, 5.41) is 13.8. The van der Waals surface area contributed by atoms with E-state index in [-0.39, 0.29) is 5.91 Å². The zero-order chi connectivity index (χ0) is 17.2. The summed E-state index contributed by atoms with van der Waals surface area (Å²) in [4.78, 5) is 15.6. The van der Waals surface area contributed by atoms with Crippen molar-refractivity contribution in [3.8, 4) is 5.75 Å². The fourth-order valence-electron chi connectivity index (χ4n) is 3.32. The third-order valence-corrected chi connectivity index (χ3v) is 5.69. The van der Waals surface area contributed by atoms with Gasteiger partial charge in [-0.05, 0) is 31.0 Å². The molecule has 0 atom stereocenters. The normalized spacial score (nSPS) is 15.4. The first-order chi connectivity index (χ1) is 12.2. The average molecular weight is 356 g/mol. The summed E-state index contributed by atoms with van der Waals surface area (Å²) in [6.07, 6.45) is 6.16. The van der Waals surface area contributed by atoms with Gasteiger partial charge in [-0.3, -0.25) is 10.1 Å². The van der Waals surface area contributed by atoms with Gasteiger partial charge < -0.3 is 9.72 Å². The number of ether oxygens (including phenoxy) is 1. The molecule has 2 aromatic heterocycles. The number of methoxy groups -OCH3 is 1. The predicted octanol–water partition coefficient (Wildman–Crippen LogP) is 4.33. The Kier molecular flexibility index (Phi) is 4.40. The molecule has 3 aromatic rings. The third-order valence-electron chi connectivity index (χ3n) is 4.69. The van der Waals surface area contributed by atoms with E-state index in [4.69, 9.17) is 4.74 Å². The molecule has 1 aromatic carbocycles. The highest BCUT2D eigenvalue weighted by molar-refractivity contribution is 7.15. The topological polar surface area (TPSA) is 79.9 Å². The number of nitrogens with zero attached hydrogens (tertiary/aromatic N) is 2. The number of benzene rings is 1. The van der Waals surface area contributed by atoms with Gasteiger partial charge in [-0.15, -0.1) is 10.2 Å². The quantitative estimate of drug-likeness (QED) is 0.729. The zero-order valence-electron chi connectivity index (χ0n) is 14.0. The SMILES string of the molecule is COc1ccc2cc(C(=O)Nc3nnc(C4CCCCC4)s3)[nH]c2c1. The summed E-state index contributed by atoms with van der Waals surface area (Å²) in [6, 6.07) is 7.50. The maximum Gasteiger partial charge on any atom is 0.273 e. The first-order valence-electron chi connectivity index (χ1n) is 8.54. The Morgan fingerprint density at radius 1 is 1.24 bits per heavy atom. The monoisotopic (exact) mass is 356 g/mol. The Labute approximate surface area is 149 Å². The molecule has 7 heteroatoms. The third kappa shape index (κ3) is 3.37. The van der Waals surface area contributed by atoms with Crippen molar-refractivity contribution in [2.45, 2.75) is 38.0 Å². The van der Waals surface area contributed by atoms with Gasteiger partial charge in [-0.2, -0.15) is 0 Å². The molecule has 0 bridgehead atoms. The Balaban J connectivity index is 1.49. The minimum Gasteiger partial charge on any atom is -0.497 e. The number of fused-ring (bicyclic) bond motifs is 1. The Morgan fingerprint density at radius 2 is 2.08 bits per heavy atom. The fraction of sp³-hybridized carbons (Fsp3) is 0.389. The van der Waals surface area contributed by atoms with Gasteiger partial charge in [0.15, 0.2) is 0 Å². The molecule has 1 aliphatic rings. The van der Waals surface area contributed by atoms with E-state index in [0.29, 0.717) is 16.7 Å². The largest absolute Gasteiger partial charge is 0.497 e. The standard InChI is InChI=1S/C18H20N4O2S/c1-24-13-8-7-12-9-15(19-14(12)10-13)16(23)20-18-22-21-17(25-18)11-5-3-2-4-6-11/h7-11,19H,2-6H2,1H3,(H,20,22,23). The fourth-order valence-corrected chi connectivity index (χ4v) is 4.23. The van der Waals surface area contributed by atoms with Crippen LogP contribution in [0.5, 0.6) is 5.75 Å². The van der Waals surface area contributed by atoms with E-state index in [1.54, 1.807) is 7.11 Å². The molecule has 0 radical (unpaired) electrons. The van der Waals surface area contributed by atoms with E-state index < -0.39 is 0 Å². The molecule has 0 spiro atoms. The van der Waals surface area contributed by atoms with Crippen LogP contribution in [0.4, 0.5) is 5.13 Å². The van der Waals surface area contributed by atoms with Crippen LogP contribution in [0.25, 0.3) is 10.9 Å². The summed E-state index contributed by atoms with van der Waals surface area (Å²) in [6.45, 7) is 0. The van der Waals surface area contributed by atoms with Crippen LogP contribution in [0.15, 0.2) is 24.3 Å². The number of carbonyl (C=O) groups excluding carboxylic acids is 1. The summed E-state index contributed by atoms with van der Waals surface area (Å²) in [7, 11) is 1.62. The van der Waals surface area contributed by atoms with Crippen LogP contribution in [0, 0.1) is 0 Å². The number of hydrogen-bond donors (Lipinski definition) is 2. The molecule has 2 N–H and O–H groups in total. The second-order valence-corrected chi connectivity index (χ2v) is 7.38. The molecule has 0 unspecified atom stereocenters. The van der Waals surface area contributed by atoms with Crippen molar-refractivity contribution in [1.29, 1.82) is 0 Å². The number of carbonyl (C=O) groups is 1. The Bertz CT molecular complexity index is 896. The molecule has 2 heterocycles. The number of nitrogens with one attached hydrogen (secondary N) is 2.